The van der Waals surface area contributed by atoms with E-state index in [9.17, 15) is 0 Å². The maximum atomic E-state index is 6.12. The maximum Gasteiger partial charge on any atom is 0.0645 e. The second-order valence-electron chi connectivity index (χ2n) is 4.93. The minimum Gasteiger partial charge on any atom is -0.381 e. The Morgan fingerprint density at radius 2 is 1.95 bits per heavy atom. The first-order valence-corrected chi connectivity index (χ1v) is 7.19. The van der Waals surface area contributed by atoms with E-state index in [-0.39, 0.29) is 0 Å². The summed E-state index contributed by atoms with van der Waals surface area (Å²) in [4.78, 5) is 0. The number of nitrogens with one attached hydrogen (secondary N) is 1. The summed E-state index contributed by atoms with van der Waals surface area (Å²) in [6, 6.07) is 16.2. The molecule has 3 aromatic rings. The lowest BCUT2D eigenvalue weighted by Crippen LogP contribution is -2.00. The number of nitrogens with zero attached hydrogens (tertiary/aromatic N) is 2. The van der Waals surface area contributed by atoms with Gasteiger partial charge in [-0.1, -0.05) is 29.8 Å². The molecule has 106 valence electrons. The van der Waals surface area contributed by atoms with Gasteiger partial charge in [0.1, 0.15) is 0 Å². The molecule has 0 aliphatic heterocycles. The Balaban J connectivity index is 1.66. The quantitative estimate of drug-likeness (QED) is 0.771. The van der Waals surface area contributed by atoms with Crippen molar-refractivity contribution in [2.24, 2.45) is 0 Å². The normalized spacial score (nSPS) is 10.6. The first kappa shape index (κ1) is 13.7. The molecule has 0 bridgehead atoms. The Bertz CT molecular complexity index is 718. The molecule has 3 rings (SSSR count). The van der Waals surface area contributed by atoms with E-state index in [4.69, 9.17) is 11.6 Å². The SMILES string of the molecule is Cc1ccc(NCc2ccc(-n3cccn3)cc2)cc1Cl. The smallest absolute Gasteiger partial charge is 0.0645 e. The summed E-state index contributed by atoms with van der Waals surface area (Å²) in [5.74, 6) is 0. The molecule has 3 nitrogen and oxygen atoms in total. The van der Waals surface area contributed by atoms with E-state index in [1.807, 2.05) is 42.1 Å². The van der Waals surface area contributed by atoms with Crippen molar-refractivity contribution in [1.29, 1.82) is 0 Å². The molecule has 0 saturated carbocycles. The van der Waals surface area contributed by atoms with Gasteiger partial charge in [-0.15, -0.1) is 0 Å². The lowest BCUT2D eigenvalue weighted by Gasteiger charge is -2.09. The van der Waals surface area contributed by atoms with Gasteiger partial charge in [0.15, 0.2) is 0 Å². The summed E-state index contributed by atoms with van der Waals surface area (Å²) >= 11 is 6.12. The second-order valence-corrected chi connectivity index (χ2v) is 5.34. The van der Waals surface area contributed by atoms with Crippen LogP contribution in [0.3, 0.4) is 0 Å². The van der Waals surface area contributed by atoms with Crippen LogP contribution in [0.2, 0.25) is 5.02 Å². The van der Waals surface area contributed by atoms with Crippen molar-refractivity contribution in [3.8, 4) is 5.69 Å². The zero-order valence-corrected chi connectivity index (χ0v) is 12.5. The van der Waals surface area contributed by atoms with Crippen molar-refractivity contribution in [2.75, 3.05) is 5.32 Å². The predicted molar refractivity (Wildman–Crippen MR) is 87.1 cm³/mol. The highest BCUT2D eigenvalue weighted by atomic mass is 35.5. The van der Waals surface area contributed by atoms with Gasteiger partial charge in [-0.25, -0.2) is 4.68 Å². The van der Waals surface area contributed by atoms with Gasteiger partial charge >= 0.3 is 0 Å². The zero-order chi connectivity index (χ0) is 14.7. The van der Waals surface area contributed by atoms with Gasteiger partial charge in [0, 0.05) is 29.6 Å². The van der Waals surface area contributed by atoms with E-state index in [2.05, 4.69) is 34.7 Å². The van der Waals surface area contributed by atoms with E-state index in [0.29, 0.717) is 0 Å². The molecule has 0 aliphatic rings. The van der Waals surface area contributed by atoms with Crippen LogP contribution < -0.4 is 5.32 Å². The largest absolute Gasteiger partial charge is 0.381 e. The van der Waals surface area contributed by atoms with Crippen LogP contribution in [-0.4, -0.2) is 9.78 Å². The van der Waals surface area contributed by atoms with Gasteiger partial charge in [0.25, 0.3) is 0 Å². The number of benzene rings is 2. The number of aryl methyl sites for hydroxylation is 1. The summed E-state index contributed by atoms with van der Waals surface area (Å²) in [5, 5.41) is 8.38. The van der Waals surface area contributed by atoms with E-state index >= 15 is 0 Å². The number of aromatic nitrogens is 2. The molecule has 0 amide bonds. The van der Waals surface area contributed by atoms with E-state index in [0.717, 1.165) is 28.5 Å². The van der Waals surface area contributed by atoms with Crippen molar-refractivity contribution in [1.82, 2.24) is 9.78 Å². The lowest BCUT2D eigenvalue weighted by atomic mass is 10.2. The number of hydrogen-bond acceptors (Lipinski definition) is 2. The molecule has 0 unspecified atom stereocenters. The average molecular weight is 298 g/mol. The van der Waals surface area contributed by atoms with Gasteiger partial charge in [-0.3, -0.25) is 0 Å². The molecule has 2 aromatic carbocycles. The molecule has 0 radical (unpaired) electrons. The number of anilines is 1. The van der Waals surface area contributed by atoms with Crippen LogP contribution in [0.25, 0.3) is 5.69 Å². The van der Waals surface area contributed by atoms with Gasteiger partial charge in [-0.2, -0.15) is 5.10 Å². The molecule has 21 heavy (non-hydrogen) atoms. The molecule has 1 heterocycles. The topological polar surface area (TPSA) is 29.9 Å². The average Bonchev–Trinajstić information content (AvgIpc) is 3.03. The molecule has 0 spiro atoms. The third-order valence-corrected chi connectivity index (χ3v) is 3.78. The van der Waals surface area contributed by atoms with E-state index in [1.54, 1.807) is 6.20 Å². The maximum absolute atomic E-state index is 6.12. The van der Waals surface area contributed by atoms with Gasteiger partial charge < -0.3 is 5.32 Å². The third kappa shape index (κ3) is 3.26. The molecular weight excluding hydrogens is 282 g/mol. The third-order valence-electron chi connectivity index (χ3n) is 3.37. The predicted octanol–water partition coefficient (Wildman–Crippen LogP) is 4.45. The van der Waals surface area contributed by atoms with E-state index < -0.39 is 0 Å². The van der Waals surface area contributed by atoms with Crippen molar-refractivity contribution >= 4 is 17.3 Å². The Labute approximate surface area is 129 Å². The first-order chi connectivity index (χ1) is 10.2. The molecule has 0 saturated heterocycles. The fraction of sp³-hybridized carbons (Fsp3) is 0.118. The van der Waals surface area contributed by atoms with Gasteiger partial charge in [0.2, 0.25) is 0 Å². The molecule has 0 fully saturated rings. The van der Waals surface area contributed by atoms with Crippen LogP contribution in [0.5, 0.6) is 0 Å². The van der Waals surface area contributed by atoms with Crippen molar-refractivity contribution < 1.29 is 0 Å². The minimum atomic E-state index is 0.763. The molecule has 0 aliphatic carbocycles. The Hall–Kier alpha value is -2.26. The fourth-order valence-corrected chi connectivity index (χ4v) is 2.28. The molecule has 0 atom stereocenters. The molecular formula is C17H16ClN3. The summed E-state index contributed by atoms with van der Waals surface area (Å²) in [6.45, 7) is 2.76. The van der Waals surface area contributed by atoms with Gasteiger partial charge in [0.05, 0.1) is 5.69 Å². The van der Waals surface area contributed by atoms with Crippen LogP contribution in [-0.2, 0) is 6.54 Å². The lowest BCUT2D eigenvalue weighted by molar-refractivity contribution is 0.879. The highest BCUT2D eigenvalue weighted by molar-refractivity contribution is 6.31. The number of rotatable bonds is 4. The van der Waals surface area contributed by atoms with Crippen molar-refractivity contribution in [3.05, 3.63) is 77.1 Å². The van der Waals surface area contributed by atoms with Crippen LogP contribution in [0.15, 0.2) is 60.9 Å². The summed E-state index contributed by atoms with van der Waals surface area (Å²) in [5.41, 5.74) is 4.39. The van der Waals surface area contributed by atoms with Crippen molar-refractivity contribution in [3.63, 3.8) is 0 Å². The second kappa shape index (κ2) is 6.02. The molecule has 1 aromatic heterocycles. The van der Waals surface area contributed by atoms with Crippen LogP contribution in [0.4, 0.5) is 5.69 Å². The molecule has 1 N–H and O–H groups in total. The highest BCUT2D eigenvalue weighted by Gasteiger charge is 2.00. The number of halogens is 1. The Morgan fingerprint density at radius 1 is 1.14 bits per heavy atom. The molecule has 4 heteroatoms. The monoisotopic (exact) mass is 297 g/mol. The first-order valence-electron chi connectivity index (χ1n) is 6.81. The summed E-state index contributed by atoms with van der Waals surface area (Å²) in [7, 11) is 0. The van der Waals surface area contributed by atoms with Crippen LogP contribution >= 0.6 is 11.6 Å². The zero-order valence-electron chi connectivity index (χ0n) is 11.8. The van der Waals surface area contributed by atoms with Crippen LogP contribution in [0.1, 0.15) is 11.1 Å². The minimum absolute atomic E-state index is 0.763. The Kier molecular flexibility index (Phi) is 3.93. The summed E-state index contributed by atoms with van der Waals surface area (Å²) < 4.78 is 1.84. The highest BCUT2D eigenvalue weighted by Crippen LogP contribution is 2.20. The summed E-state index contributed by atoms with van der Waals surface area (Å²) in [6.07, 6.45) is 3.71. The standard InChI is InChI=1S/C17H16ClN3/c1-13-3-6-15(11-17(13)18)19-12-14-4-7-16(8-5-14)21-10-2-9-20-21/h2-11,19H,12H2,1H3. The van der Waals surface area contributed by atoms with Gasteiger partial charge in [-0.05, 0) is 48.4 Å². The number of hydrogen-bond donors (Lipinski definition) is 1. The van der Waals surface area contributed by atoms with Crippen LogP contribution in [0, 0.1) is 6.92 Å². The van der Waals surface area contributed by atoms with Crippen molar-refractivity contribution in [2.45, 2.75) is 13.5 Å². The fourth-order valence-electron chi connectivity index (χ4n) is 2.10. The Morgan fingerprint density at radius 3 is 2.62 bits per heavy atom. The van der Waals surface area contributed by atoms with E-state index in [1.165, 1.54) is 5.56 Å².